The highest BCUT2D eigenvalue weighted by Gasteiger charge is 2.45. The van der Waals surface area contributed by atoms with E-state index in [-0.39, 0.29) is 24.6 Å². The van der Waals surface area contributed by atoms with Crippen LogP contribution in [0.2, 0.25) is 0 Å². The summed E-state index contributed by atoms with van der Waals surface area (Å²) in [5, 5.41) is 2.26. The standard InChI is InChI=1S/C48H60N10O5/c1-31-5-2-3-8-38(31)41(49)27-43(45(50)51)56-29-35-9-10-36(30-56)57(35)34-6-4-7-37(25-34)63-24-23-53-19-21-54(22-20-53)28-32-15-17-55(18-16-32)33-11-12-39-40(26-33)48(62)58(47(39)61)42-13-14-44(59)52-46(42)60/h2-8,11-12,25-27,32,35-36,42H,9-10,13-24,28-30,49-51H2,1H3,(H,52,59,60)/b41-27-. The molecule has 5 fully saturated rings. The third-order valence-corrected chi connectivity index (χ3v) is 14.0. The molecule has 5 saturated heterocycles. The Labute approximate surface area is 369 Å². The quantitative estimate of drug-likeness (QED) is 0.154. The number of nitrogens with two attached hydrogens (primary N) is 3. The molecule has 0 saturated carbocycles. The summed E-state index contributed by atoms with van der Waals surface area (Å²) < 4.78 is 6.36. The summed E-state index contributed by atoms with van der Waals surface area (Å²) in [5.74, 6) is -0.139. The lowest BCUT2D eigenvalue weighted by Crippen LogP contribution is -2.54. The Morgan fingerprint density at radius 3 is 2.19 bits per heavy atom. The van der Waals surface area contributed by atoms with Gasteiger partial charge in [0.05, 0.1) is 16.8 Å². The number of hydrogen-bond donors (Lipinski definition) is 4. The van der Waals surface area contributed by atoms with Crippen LogP contribution in [0, 0.1) is 12.8 Å². The average molecular weight is 857 g/mol. The van der Waals surface area contributed by atoms with E-state index < -0.39 is 23.8 Å². The van der Waals surface area contributed by atoms with Crippen LogP contribution in [0.3, 0.4) is 0 Å². The van der Waals surface area contributed by atoms with Crippen molar-refractivity contribution in [3.8, 4) is 5.75 Å². The fourth-order valence-electron chi connectivity index (χ4n) is 10.6. The molecule has 0 spiro atoms. The van der Waals surface area contributed by atoms with Crippen LogP contribution in [-0.4, -0.2) is 133 Å². The van der Waals surface area contributed by atoms with Crippen LogP contribution in [0.1, 0.15) is 70.4 Å². The van der Waals surface area contributed by atoms with E-state index in [2.05, 4.69) is 67.1 Å². The number of fused-ring (bicyclic) bond motifs is 3. The van der Waals surface area contributed by atoms with Gasteiger partial charge < -0.3 is 41.5 Å². The molecule has 4 amide bonds. The number of nitrogens with zero attached hydrogens (tertiary/aromatic N) is 6. The fourth-order valence-corrected chi connectivity index (χ4v) is 10.6. The van der Waals surface area contributed by atoms with Gasteiger partial charge in [0, 0.05) is 113 Å². The summed E-state index contributed by atoms with van der Waals surface area (Å²) >= 11 is 0. The van der Waals surface area contributed by atoms with Gasteiger partial charge in [-0.3, -0.25) is 34.3 Å². The highest BCUT2D eigenvalue weighted by molar-refractivity contribution is 6.23. The van der Waals surface area contributed by atoms with Crippen molar-refractivity contribution >= 4 is 40.7 Å². The van der Waals surface area contributed by atoms with E-state index >= 15 is 0 Å². The van der Waals surface area contributed by atoms with Crippen LogP contribution in [0.5, 0.6) is 5.75 Å². The predicted octanol–water partition coefficient (Wildman–Crippen LogP) is 3.05. The minimum absolute atomic E-state index is 0.102. The number of nitrogens with one attached hydrogen (secondary N) is 1. The number of anilines is 2. The van der Waals surface area contributed by atoms with Crippen LogP contribution in [-0.2, 0) is 9.59 Å². The zero-order valence-electron chi connectivity index (χ0n) is 36.2. The van der Waals surface area contributed by atoms with E-state index in [0.29, 0.717) is 41.4 Å². The SMILES string of the molecule is Cc1ccccc1/C(N)=C/C(=C(N)N)N1CC2CCC(C1)N2c1cccc(OCCN2CCN(CC3CCN(c4ccc5c(c4)C(=O)N(C4CCC(=O)NC4=O)C5=O)CC3)CC2)c1. The molecule has 15 nitrogen and oxygen atoms in total. The number of aryl methyl sites for hydroxylation is 1. The number of hydrogen-bond acceptors (Lipinski definition) is 13. The minimum atomic E-state index is -0.960. The maximum Gasteiger partial charge on any atom is 0.262 e. The number of piperazine rings is 2. The van der Waals surface area contributed by atoms with Gasteiger partial charge in [-0.2, -0.15) is 0 Å². The van der Waals surface area contributed by atoms with Gasteiger partial charge in [-0.1, -0.05) is 30.3 Å². The fraction of sp³-hybridized carbons (Fsp3) is 0.458. The minimum Gasteiger partial charge on any atom is -0.492 e. The second-order valence-corrected chi connectivity index (χ2v) is 18.0. The molecule has 2 bridgehead atoms. The van der Waals surface area contributed by atoms with Crippen molar-refractivity contribution < 1.29 is 23.9 Å². The first-order valence-corrected chi connectivity index (χ1v) is 22.6. The van der Waals surface area contributed by atoms with E-state index in [0.717, 1.165) is 124 Å². The second kappa shape index (κ2) is 18.0. The Morgan fingerprint density at radius 1 is 0.762 bits per heavy atom. The number of rotatable bonds is 12. The van der Waals surface area contributed by atoms with Gasteiger partial charge in [-0.05, 0) is 86.9 Å². The molecule has 6 aliphatic rings. The number of allylic oxidation sites excluding steroid dienone is 1. The number of carbonyl (C=O) groups excluding carboxylic acids is 4. The van der Waals surface area contributed by atoms with Crippen molar-refractivity contribution in [2.75, 3.05) is 81.9 Å². The third kappa shape index (κ3) is 8.81. The Balaban J connectivity index is 0.708. The smallest absolute Gasteiger partial charge is 0.262 e. The van der Waals surface area contributed by atoms with Crippen molar-refractivity contribution in [3.63, 3.8) is 0 Å². The summed E-state index contributed by atoms with van der Waals surface area (Å²) in [6, 6.07) is 21.7. The highest BCUT2D eigenvalue weighted by Crippen LogP contribution is 2.38. The molecule has 3 aromatic carbocycles. The van der Waals surface area contributed by atoms with Crippen molar-refractivity contribution in [3.05, 3.63) is 107 Å². The van der Waals surface area contributed by atoms with Crippen molar-refractivity contribution in [2.24, 2.45) is 23.1 Å². The van der Waals surface area contributed by atoms with Gasteiger partial charge in [0.2, 0.25) is 11.8 Å². The Kier molecular flexibility index (Phi) is 12.1. The summed E-state index contributed by atoms with van der Waals surface area (Å²) in [7, 11) is 0. The predicted molar refractivity (Wildman–Crippen MR) is 242 cm³/mol. The lowest BCUT2D eigenvalue weighted by atomic mass is 9.95. The van der Waals surface area contributed by atoms with Gasteiger partial charge >= 0.3 is 0 Å². The number of piperidine rings is 2. The maximum absolute atomic E-state index is 13.4. The number of ether oxygens (including phenoxy) is 1. The van der Waals surface area contributed by atoms with E-state index in [4.69, 9.17) is 21.9 Å². The molecule has 15 heteroatoms. The van der Waals surface area contributed by atoms with Gasteiger partial charge in [0.25, 0.3) is 11.8 Å². The van der Waals surface area contributed by atoms with Crippen molar-refractivity contribution in [1.29, 1.82) is 0 Å². The number of imide groups is 2. The van der Waals surface area contributed by atoms with Crippen LogP contribution in [0.25, 0.3) is 5.70 Å². The van der Waals surface area contributed by atoms with Crippen molar-refractivity contribution in [1.82, 2.24) is 24.9 Å². The highest BCUT2D eigenvalue weighted by atomic mass is 16.5. The molecule has 6 aliphatic heterocycles. The molecule has 332 valence electrons. The zero-order valence-corrected chi connectivity index (χ0v) is 36.2. The summed E-state index contributed by atoms with van der Waals surface area (Å²) in [6.45, 7) is 12.1. The first-order valence-electron chi connectivity index (χ1n) is 22.6. The third-order valence-electron chi connectivity index (χ3n) is 14.0. The lowest BCUT2D eigenvalue weighted by molar-refractivity contribution is -0.136. The summed E-state index contributed by atoms with van der Waals surface area (Å²) in [5.41, 5.74) is 25.4. The van der Waals surface area contributed by atoms with Gasteiger partial charge in [0.15, 0.2) is 0 Å². The van der Waals surface area contributed by atoms with E-state index in [9.17, 15) is 19.2 Å². The maximum atomic E-state index is 13.4. The number of carbonyl (C=O) groups is 4. The molecule has 0 radical (unpaired) electrons. The molecule has 0 aromatic heterocycles. The number of likely N-dealkylation sites (tertiary alicyclic amines) is 1. The lowest BCUT2D eigenvalue weighted by Gasteiger charge is -2.44. The van der Waals surface area contributed by atoms with Gasteiger partial charge in [0.1, 0.15) is 24.2 Å². The largest absolute Gasteiger partial charge is 0.492 e. The molecule has 3 aromatic rings. The normalized spacial score (nSPS) is 23.6. The summed E-state index contributed by atoms with van der Waals surface area (Å²) in [6.07, 6.45) is 6.50. The second-order valence-electron chi connectivity index (χ2n) is 18.0. The first kappa shape index (κ1) is 42.3. The molecular formula is C48H60N10O5. The van der Waals surface area contributed by atoms with Crippen molar-refractivity contribution in [2.45, 2.75) is 63.6 Å². The van der Waals surface area contributed by atoms with Crippen LogP contribution in [0.15, 0.2) is 84.3 Å². The zero-order chi connectivity index (χ0) is 43.8. The number of amides is 4. The number of benzene rings is 3. The Bertz CT molecular complexity index is 2300. The molecular weight excluding hydrogens is 797 g/mol. The van der Waals surface area contributed by atoms with E-state index in [1.807, 2.05) is 30.3 Å². The van der Waals surface area contributed by atoms with E-state index in [1.165, 1.54) is 5.69 Å². The van der Waals surface area contributed by atoms with Crippen LogP contribution >= 0.6 is 0 Å². The van der Waals surface area contributed by atoms with Crippen LogP contribution < -0.4 is 37.1 Å². The van der Waals surface area contributed by atoms with E-state index in [1.54, 1.807) is 12.1 Å². The molecule has 7 N–H and O–H groups in total. The Hall–Kier alpha value is -6.06. The van der Waals surface area contributed by atoms with Gasteiger partial charge in [-0.25, -0.2) is 0 Å². The Morgan fingerprint density at radius 2 is 1.48 bits per heavy atom. The summed E-state index contributed by atoms with van der Waals surface area (Å²) in [4.78, 5) is 63.9. The molecule has 6 heterocycles. The molecule has 9 rings (SSSR count). The van der Waals surface area contributed by atoms with Crippen LogP contribution in [0.4, 0.5) is 11.4 Å². The molecule has 63 heavy (non-hydrogen) atoms. The molecule has 3 atom stereocenters. The average Bonchev–Trinajstić information content (AvgIpc) is 3.69. The monoisotopic (exact) mass is 856 g/mol. The topological polar surface area (TPSA) is 187 Å². The molecule has 3 unspecified atom stereocenters. The molecule has 0 aliphatic carbocycles. The first-order chi connectivity index (χ1) is 30.5. The van der Waals surface area contributed by atoms with Gasteiger partial charge in [-0.15, -0.1) is 0 Å².